The molecule has 0 saturated carbocycles. The summed E-state index contributed by atoms with van der Waals surface area (Å²) in [5.74, 6) is 3.18. The van der Waals surface area contributed by atoms with Crippen LogP contribution in [-0.2, 0) is 4.74 Å². The number of nitrogens with zero attached hydrogens (tertiary/aromatic N) is 2. The van der Waals surface area contributed by atoms with Crippen molar-refractivity contribution >= 4 is 24.3 Å². The number of anilines is 2. The van der Waals surface area contributed by atoms with E-state index in [1.54, 1.807) is 6.33 Å². The van der Waals surface area contributed by atoms with Gasteiger partial charge in [-0.15, -0.1) is 0 Å². The molecule has 0 aromatic carbocycles. The first-order valence-electron chi connectivity index (χ1n) is 6.37. The van der Waals surface area contributed by atoms with E-state index in [4.69, 9.17) is 4.74 Å². The van der Waals surface area contributed by atoms with Gasteiger partial charge in [0.25, 0.3) is 0 Å². The van der Waals surface area contributed by atoms with Gasteiger partial charge in [-0.2, -0.15) is 12.6 Å². The molecule has 1 aliphatic heterocycles. The van der Waals surface area contributed by atoms with Crippen LogP contribution in [0.15, 0.2) is 12.4 Å². The summed E-state index contributed by atoms with van der Waals surface area (Å²) in [4.78, 5) is 8.37. The topological polar surface area (TPSA) is 59.1 Å². The lowest BCUT2D eigenvalue weighted by atomic mass is 10.0. The minimum absolute atomic E-state index is 0.683. The molecule has 1 aliphatic rings. The molecule has 2 heterocycles. The molecule has 0 atom stereocenters. The first-order chi connectivity index (χ1) is 8.88. The van der Waals surface area contributed by atoms with Crippen LogP contribution >= 0.6 is 12.6 Å². The van der Waals surface area contributed by atoms with E-state index in [0.717, 1.165) is 56.5 Å². The van der Waals surface area contributed by atoms with Crippen LogP contribution in [0.5, 0.6) is 0 Å². The largest absolute Gasteiger partial charge is 0.381 e. The maximum atomic E-state index is 5.34. The van der Waals surface area contributed by atoms with Crippen molar-refractivity contribution < 1.29 is 4.74 Å². The molecule has 1 fully saturated rings. The molecule has 0 aliphatic carbocycles. The van der Waals surface area contributed by atoms with Gasteiger partial charge in [0.05, 0.1) is 0 Å². The maximum absolute atomic E-state index is 5.34. The van der Waals surface area contributed by atoms with Gasteiger partial charge in [0.15, 0.2) is 0 Å². The van der Waals surface area contributed by atoms with Crippen LogP contribution in [0.3, 0.4) is 0 Å². The van der Waals surface area contributed by atoms with E-state index in [0.29, 0.717) is 5.92 Å². The number of hydrogen-bond acceptors (Lipinski definition) is 6. The predicted molar refractivity (Wildman–Crippen MR) is 76.4 cm³/mol. The summed E-state index contributed by atoms with van der Waals surface area (Å²) < 4.78 is 5.34. The molecule has 1 saturated heterocycles. The number of nitrogens with one attached hydrogen (secondary N) is 2. The lowest BCUT2D eigenvalue weighted by Gasteiger charge is -2.22. The fourth-order valence-electron chi connectivity index (χ4n) is 1.93. The van der Waals surface area contributed by atoms with E-state index in [2.05, 4.69) is 33.2 Å². The molecular formula is C12H20N4OS. The van der Waals surface area contributed by atoms with Gasteiger partial charge in [-0.05, 0) is 18.8 Å². The first-order valence-corrected chi connectivity index (χ1v) is 7.00. The average Bonchev–Trinajstić information content (AvgIpc) is 2.44. The maximum Gasteiger partial charge on any atom is 0.131 e. The van der Waals surface area contributed by atoms with Crippen LogP contribution in [0.25, 0.3) is 0 Å². The third-order valence-electron chi connectivity index (χ3n) is 3.00. The summed E-state index contributed by atoms with van der Waals surface area (Å²) in [6.07, 6.45) is 3.83. The fraction of sp³-hybridized carbons (Fsp3) is 0.667. The Hall–Kier alpha value is -1.01. The zero-order chi connectivity index (χ0) is 12.6. The summed E-state index contributed by atoms with van der Waals surface area (Å²) in [5, 5.41) is 6.55. The Kier molecular flexibility index (Phi) is 5.54. The Morgan fingerprint density at radius 2 is 1.94 bits per heavy atom. The van der Waals surface area contributed by atoms with Gasteiger partial charge in [0.1, 0.15) is 18.0 Å². The van der Waals surface area contributed by atoms with E-state index < -0.39 is 0 Å². The fourth-order valence-corrected chi connectivity index (χ4v) is 2.05. The third kappa shape index (κ3) is 4.34. The molecular weight excluding hydrogens is 248 g/mol. The van der Waals surface area contributed by atoms with Crippen molar-refractivity contribution in [3.8, 4) is 0 Å². The second kappa shape index (κ2) is 7.43. The molecule has 0 unspecified atom stereocenters. The monoisotopic (exact) mass is 268 g/mol. The van der Waals surface area contributed by atoms with E-state index in [-0.39, 0.29) is 0 Å². The predicted octanol–water partition coefficient (Wildman–Crippen LogP) is 1.66. The Labute approximate surface area is 113 Å². The van der Waals surface area contributed by atoms with Crippen molar-refractivity contribution in [1.29, 1.82) is 0 Å². The summed E-state index contributed by atoms with van der Waals surface area (Å²) in [7, 11) is 0. The molecule has 6 heteroatoms. The van der Waals surface area contributed by atoms with Gasteiger partial charge < -0.3 is 15.4 Å². The third-order valence-corrected chi connectivity index (χ3v) is 3.22. The van der Waals surface area contributed by atoms with Crippen LogP contribution in [0, 0.1) is 5.92 Å². The van der Waals surface area contributed by atoms with Crippen molar-refractivity contribution in [2.75, 3.05) is 42.7 Å². The van der Waals surface area contributed by atoms with Gasteiger partial charge in [-0.25, -0.2) is 9.97 Å². The first kappa shape index (κ1) is 13.4. The molecule has 1 aromatic rings. The van der Waals surface area contributed by atoms with Crippen LogP contribution in [-0.4, -0.2) is 42.0 Å². The minimum atomic E-state index is 0.683. The zero-order valence-electron chi connectivity index (χ0n) is 10.4. The normalized spacial score (nSPS) is 16.5. The number of rotatable bonds is 6. The van der Waals surface area contributed by atoms with Crippen molar-refractivity contribution in [3.63, 3.8) is 0 Å². The van der Waals surface area contributed by atoms with Gasteiger partial charge in [-0.1, -0.05) is 0 Å². The quantitative estimate of drug-likeness (QED) is 0.685. The summed E-state index contributed by atoms with van der Waals surface area (Å²) in [6, 6.07) is 1.93. The lowest BCUT2D eigenvalue weighted by Crippen LogP contribution is -2.23. The van der Waals surface area contributed by atoms with Gasteiger partial charge in [0, 0.05) is 38.1 Å². The second-order valence-corrected chi connectivity index (χ2v) is 4.82. The number of aromatic nitrogens is 2. The van der Waals surface area contributed by atoms with Gasteiger partial charge in [0.2, 0.25) is 0 Å². The molecule has 0 radical (unpaired) electrons. The number of ether oxygens (including phenoxy) is 1. The minimum Gasteiger partial charge on any atom is -0.381 e. The Morgan fingerprint density at radius 1 is 1.22 bits per heavy atom. The molecule has 0 bridgehead atoms. The Balaban J connectivity index is 1.80. The molecule has 0 spiro atoms. The standard InChI is InChI=1S/C12H20N4OS/c18-6-3-13-11-7-12(16-9-15-11)14-8-10-1-4-17-5-2-10/h7,9-10,18H,1-6,8H2,(H2,13,14,15,16). The molecule has 100 valence electrons. The van der Waals surface area contributed by atoms with Crippen LogP contribution in [0.4, 0.5) is 11.6 Å². The van der Waals surface area contributed by atoms with Crippen molar-refractivity contribution in [2.45, 2.75) is 12.8 Å². The van der Waals surface area contributed by atoms with Crippen molar-refractivity contribution in [3.05, 3.63) is 12.4 Å². The zero-order valence-corrected chi connectivity index (χ0v) is 11.3. The average molecular weight is 268 g/mol. The lowest BCUT2D eigenvalue weighted by molar-refractivity contribution is 0.0699. The smallest absolute Gasteiger partial charge is 0.131 e. The molecule has 2 rings (SSSR count). The van der Waals surface area contributed by atoms with Gasteiger partial charge >= 0.3 is 0 Å². The van der Waals surface area contributed by atoms with E-state index in [1.807, 2.05) is 6.07 Å². The number of hydrogen-bond donors (Lipinski definition) is 3. The highest BCUT2D eigenvalue weighted by atomic mass is 32.1. The Morgan fingerprint density at radius 3 is 2.67 bits per heavy atom. The number of thiol groups is 1. The van der Waals surface area contributed by atoms with E-state index in [1.165, 1.54) is 0 Å². The summed E-state index contributed by atoms with van der Waals surface area (Å²) in [5.41, 5.74) is 0. The van der Waals surface area contributed by atoms with E-state index >= 15 is 0 Å². The van der Waals surface area contributed by atoms with E-state index in [9.17, 15) is 0 Å². The highest BCUT2D eigenvalue weighted by Crippen LogP contribution is 2.16. The molecule has 18 heavy (non-hydrogen) atoms. The second-order valence-electron chi connectivity index (χ2n) is 4.38. The summed E-state index contributed by atoms with van der Waals surface area (Å²) >= 11 is 4.15. The van der Waals surface area contributed by atoms with Crippen LogP contribution < -0.4 is 10.6 Å². The highest BCUT2D eigenvalue weighted by molar-refractivity contribution is 7.80. The highest BCUT2D eigenvalue weighted by Gasteiger charge is 2.13. The molecule has 5 nitrogen and oxygen atoms in total. The van der Waals surface area contributed by atoms with Crippen molar-refractivity contribution in [1.82, 2.24) is 9.97 Å². The van der Waals surface area contributed by atoms with Crippen molar-refractivity contribution in [2.24, 2.45) is 5.92 Å². The molecule has 2 N–H and O–H groups in total. The van der Waals surface area contributed by atoms with Gasteiger partial charge in [-0.3, -0.25) is 0 Å². The van der Waals surface area contributed by atoms with Crippen LogP contribution in [0.1, 0.15) is 12.8 Å². The summed E-state index contributed by atoms with van der Waals surface area (Å²) in [6.45, 7) is 3.52. The SMILES string of the molecule is SCCNc1cc(NCC2CCOCC2)ncn1. The Bertz CT molecular complexity index is 358. The molecule has 1 aromatic heterocycles. The molecule has 0 amide bonds. The van der Waals surface area contributed by atoms with Crippen LogP contribution in [0.2, 0.25) is 0 Å².